The summed E-state index contributed by atoms with van der Waals surface area (Å²) in [6.45, 7) is 4.00. The number of rotatable bonds is 5. The summed E-state index contributed by atoms with van der Waals surface area (Å²) in [5.74, 6) is -0.377. The van der Waals surface area contributed by atoms with Crippen molar-refractivity contribution in [3.05, 3.63) is 72.1 Å². The van der Waals surface area contributed by atoms with Gasteiger partial charge in [0.05, 0.1) is 23.9 Å². The molecule has 4 rings (SSSR count). The van der Waals surface area contributed by atoms with Crippen molar-refractivity contribution < 1.29 is 23.4 Å². The molecular formula is C25H24F2N2O3. The van der Waals surface area contributed by atoms with Crippen LogP contribution in [-0.4, -0.2) is 32.8 Å². The van der Waals surface area contributed by atoms with Crippen LogP contribution in [0.3, 0.4) is 0 Å². The summed E-state index contributed by atoms with van der Waals surface area (Å²) in [6, 6.07) is 12.1. The van der Waals surface area contributed by atoms with Gasteiger partial charge in [0.2, 0.25) is 0 Å². The quantitative estimate of drug-likeness (QED) is 0.559. The number of aromatic nitrogens is 2. The third-order valence-electron chi connectivity index (χ3n) is 5.33. The minimum atomic E-state index is -0.746. The Hall–Kier alpha value is -3.32. The molecule has 1 aliphatic rings. The molecule has 32 heavy (non-hydrogen) atoms. The average molecular weight is 438 g/mol. The highest BCUT2D eigenvalue weighted by Crippen LogP contribution is 2.35. The normalized spacial score (nSPS) is 19.0. The lowest BCUT2D eigenvalue weighted by Crippen LogP contribution is -2.31. The number of hydrogen-bond donors (Lipinski definition) is 1. The summed E-state index contributed by atoms with van der Waals surface area (Å²) < 4.78 is 34.4. The minimum absolute atomic E-state index is 0.0117. The number of ether oxygens (including phenoxy) is 1. The lowest BCUT2D eigenvalue weighted by Gasteiger charge is -2.23. The minimum Gasteiger partial charge on any atom is -0.458 e. The first kappa shape index (κ1) is 21.9. The Morgan fingerprint density at radius 2 is 1.66 bits per heavy atom. The van der Waals surface area contributed by atoms with E-state index in [1.54, 1.807) is 36.5 Å². The summed E-state index contributed by atoms with van der Waals surface area (Å²) in [7, 11) is 0. The molecule has 0 bridgehead atoms. The zero-order valence-electron chi connectivity index (χ0n) is 17.8. The van der Waals surface area contributed by atoms with Crippen LogP contribution in [0, 0.1) is 11.6 Å². The Morgan fingerprint density at radius 1 is 1.06 bits per heavy atom. The largest absolute Gasteiger partial charge is 0.458 e. The van der Waals surface area contributed by atoms with Crippen LogP contribution in [0.15, 0.2) is 54.6 Å². The van der Waals surface area contributed by atoms with Gasteiger partial charge in [-0.15, -0.1) is 0 Å². The second-order valence-corrected chi connectivity index (χ2v) is 8.17. The molecule has 1 aliphatic heterocycles. The first-order chi connectivity index (χ1) is 15.3. The van der Waals surface area contributed by atoms with E-state index in [0.717, 1.165) is 17.0 Å². The number of hydrogen-bond acceptors (Lipinski definition) is 4. The topological polar surface area (TPSA) is 64.3 Å². The number of aliphatic hydroxyl groups is 1. The first-order valence-corrected chi connectivity index (χ1v) is 10.5. The Morgan fingerprint density at radius 3 is 2.22 bits per heavy atom. The van der Waals surface area contributed by atoms with E-state index in [-0.39, 0.29) is 24.0 Å². The third kappa shape index (κ3) is 4.62. The van der Waals surface area contributed by atoms with Gasteiger partial charge in [0.1, 0.15) is 23.6 Å². The molecule has 1 aromatic heterocycles. The Kier molecular flexibility index (Phi) is 6.19. The second-order valence-electron chi connectivity index (χ2n) is 8.17. The molecule has 0 saturated carbocycles. The van der Waals surface area contributed by atoms with Crippen LogP contribution < -0.4 is 0 Å². The van der Waals surface area contributed by atoms with Gasteiger partial charge in [0, 0.05) is 29.7 Å². The number of aliphatic hydroxyl groups excluding tert-OH is 1. The molecule has 0 unspecified atom stereocenters. The highest BCUT2D eigenvalue weighted by Gasteiger charge is 2.26. The van der Waals surface area contributed by atoms with Crippen molar-refractivity contribution in [1.29, 1.82) is 0 Å². The molecule has 1 fully saturated rings. The number of benzene rings is 2. The van der Waals surface area contributed by atoms with Gasteiger partial charge >= 0.3 is 5.97 Å². The lowest BCUT2D eigenvalue weighted by molar-refractivity contribution is -0.156. The van der Waals surface area contributed by atoms with Crippen molar-refractivity contribution in [2.45, 2.75) is 44.8 Å². The molecule has 7 heteroatoms. The zero-order valence-corrected chi connectivity index (χ0v) is 17.8. The van der Waals surface area contributed by atoms with Crippen LogP contribution >= 0.6 is 0 Å². The van der Waals surface area contributed by atoms with Gasteiger partial charge in [-0.1, -0.05) is 13.8 Å². The van der Waals surface area contributed by atoms with Gasteiger partial charge in [-0.25, -0.2) is 13.8 Å². The van der Waals surface area contributed by atoms with Crippen LogP contribution in [0.1, 0.15) is 38.4 Å². The van der Waals surface area contributed by atoms with Crippen molar-refractivity contribution in [1.82, 2.24) is 9.55 Å². The predicted molar refractivity (Wildman–Crippen MR) is 118 cm³/mol. The number of imidazole rings is 1. The molecule has 0 spiro atoms. The Balaban J connectivity index is 1.86. The highest BCUT2D eigenvalue weighted by atomic mass is 19.1. The van der Waals surface area contributed by atoms with Crippen molar-refractivity contribution in [3.8, 4) is 22.5 Å². The van der Waals surface area contributed by atoms with Crippen molar-refractivity contribution >= 4 is 12.2 Å². The van der Waals surface area contributed by atoms with E-state index in [0.29, 0.717) is 17.8 Å². The smallest absolute Gasteiger partial charge is 0.309 e. The number of carbonyl (C=O) groups excluding carboxylic acids is 1. The SMILES string of the molecule is CC(C)c1nc(-c2ccc(F)cc2)c(-c2ccc(F)cc2)n1/C=C/[C@@H]1C[C@@H](O)CC(=O)O1. The molecule has 166 valence electrons. The number of esters is 1. The molecule has 2 heterocycles. The fourth-order valence-electron chi connectivity index (χ4n) is 3.81. The van der Waals surface area contributed by atoms with Gasteiger partial charge in [-0.05, 0) is 54.6 Å². The third-order valence-corrected chi connectivity index (χ3v) is 5.33. The monoisotopic (exact) mass is 438 g/mol. The van der Waals surface area contributed by atoms with E-state index in [2.05, 4.69) is 0 Å². The molecule has 2 aromatic carbocycles. The van der Waals surface area contributed by atoms with Gasteiger partial charge in [0.25, 0.3) is 0 Å². The summed E-state index contributed by atoms with van der Waals surface area (Å²) in [5.41, 5.74) is 2.79. The molecule has 1 saturated heterocycles. The molecular weight excluding hydrogens is 414 g/mol. The van der Waals surface area contributed by atoms with E-state index in [1.165, 1.54) is 24.3 Å². The van der Waals surface area contributed by atoms with Crippen molar-refractivity contribution in [2.24, 2.45) is 0 Å². The molecule has 0 radical (unpaired) electrons. The highest BCUT2D eigenvalue weighted by molar-refractivity contribution is 5.81. The van der Waals surface area contributed by atoms with E-state index in [9.17, 15) is 18.7 Å². The maximum absolute atomic E-state index is 13.6. The van der Waals surface area contributed by atoms with Gasteiger partial charge in [-0.3, -0.25) is 4.79 Å². The average Bonchev–Trinajstić information content (AvgIpc) is 3.12. The number of nitrogens with zero attached hydrogens (tertiary/aromatic N) is 2. The Labute approximate surface area is 185 Å². The van der Waals surface area contributed by atoms with Crippen molar-refractivity contribution in [2.75, 3.05) is 0 Å². The molecule has 1 N–H and O–H groups in total. The van der Waals surface area contributed by atoms with Gasteiger partial charge in [0.15, 0.2) is 0 Å². The number of carbonyl (C=O) groups is 1. The van der Waals surface area contributed by atoms with E-state index in [4.69, 9.17) is 9.72 Å². The summed E-state index contributed by atoms with van der Waals surface area (Å²) >= 11 is 0. The van der Waals surface area contributed by atoms with E-state index < -0.39 is 18.2 Å². The summed E-state index contributed by atoms with van der Waals surface area (Å²) in [6.07, 6.45) is 2.47. The van der Waals surface area contributed by atoms with Crippen LogP contribution in [-0.2, 0) is 9.53 Å². The van der Waals surface area contributed by atoms with Gasteiger partial charge < -0.3 is 14.4 Å². The fraction of sp³-hybridized carbons (Fsp3) is 0.280. The zero-order chi connectivity index (χ0) is 22.8. The first-order valence-electron chi connectivity index (χ1n) is 10.5. The maximum Gasteiger partial charge on any atom is 0.309 e. The van der Waals surface area contributed by atoms with E-state index in [1.807, 2.05) is 18.4 Å². The molecule has 2 atom stereocenters. The van der Waals surface area contributed by atoms with E-state index >= 15 is 0 Å². The molecule has 0 amide bonds. The molecule has 3 aromatic rings. The second kappa shape index (κ2) is 9.04. The Bertz CT molecular complexity index is 1140. The molecule has 5 nitrogen and oxygen atoms in total. The molecule has 0 aliphatic carbocycles. The van der Waals surface area contributed by atoms with Crippen molar-refractivity contribution in [3.63, 3.8) is 0 Å². The standard InChI is InChI=1S/C25H24F2N2O3/c1-15(2)25-28-23(16-3-7-18(26)8-4-16)24(17-5-9-19(27)10-6-17)29(25)12-11-21-13-20(30)14-22(31)32-21/h3-12,15,20-21,30H,13-14H2,1-2H3/b12-11+/t20-,21-/m1/s1. The lowest BCUT2D eigenvalue weighted by atomic mass is 10.0. The summed E-state index contributed by atoms with van der Waals surface area (Å²) in [4.78, 5) is 16.5. The van der Waals surface area contributed by atoms with Gasteiger partial charge in [-0.2, -0.15) is 0 Å². The van der Waals surface area contributed by atoms with Crippen LogP contribution in [0.25, 0.3) is 28.7 Å². The maximum atomic E-state index is 13.6. The number of cyclic esters (lactones) is 1. The summed E-state index contributed by atoms with van der Waals surface area (Å²) in [5, 5.41) is 9.90. The van der Waals surface area contributed by atoms with Crippen LogP contribution in [0.5, 0.6) is 0 Å². The number of halogens is 2. The fourth-order valence-corrected chi connectivity index (χ4v) is 3.81. The predicted octanol–water partition coefficient (Wildman–Crippen LogP) is 5.16. The van der Waals surface area contributed by atoms with Crippen LogP contribution in [0.2, 0.25) is 0 Å². The van der Waals surface area contributed by atoms with Crippen LogP contribution in [0.4, 0.5) is 8.78 Å².